The zero-order valence-electron chi connectivity index (χ0n) is 13.8. The molecule has 4 heteroatoms. The molecule has 1 heterocycles. The van der Waals surface area contributed by atoms with E-state index in [-0.39, 0.29) is 17.4 Å². The number of benzene rings is 2. The van der Waals surface area contributed by atoms with Crippen LogP contribution in [0.15, 0.2) is 42.5 Å². The molecule has 0 saturated heterocycles. The van der Waals surface area contributed by atoms with E-state index < -0.39 is 11.6 Å². The molecule has 0 saturated carbocycles. The summed E-state index contributed by atoms with van der Waals surface area (Å²) in [4.78, 5) is 0. The second-order valence-corrected chi connectivity index (χ2v) is 5.84. The van der Waals surface area contributed by atoms with Crippen molar-refractivity contribution >= 4 is 5.57 Å². The fraction of sp³-hybridized carbons (Fsp3) is 0.300. The molecule has 0 fully saturated rings. The highest BCUT2D eigenvalue weighted by molar-refractivity contribution is 5.72. The molecule has 3 rings (SSSR count). The Morgan fingerprint density at radius 2 is 1.75 bits per heavy atom. The monoisotopic (exact) mass is 330 g/mol. The average molecular weight is 330 g/mol. The van der Waals surface area contributed by atoms with Gasteiger partial charge in [0.1, 0.15) is 0 Å². The molecule has 1 atom stereocenters. The van der Waals surface area contributed by atoms with E-state index in [9.17, 15) is 8.78 Å². The highest BCUT2D eigenvalue weighted by Gasteiger charge is 2.16. The normalized spacial score (nSPS) is 17.5. The third kappa shape index (κ3) is 3.34. The Hall–Kier alpha value is -2.20. The van der Waals surface area contributed by atoms with E-state index in [1.54, 1.807) is 25.1 Å². The fourth-order valence-corrected chi connectivity index (χ4v) is 2.75. The predicted octanol–water partition coefficient (Wildman–Crippen LogP) is 5.22. The topological polar surface area (TPSA) is 18.5 Å². The van der Waals surface area contributed by atoms with Crippen molar-refractivity contribution in [3.63, 3.8) is 0 Å². The van der Waals surface area contributed by atoms with Gasteiger partial charge < -0.3 is 9.47 Å². The first-order valence-corrected chi connectivity index (χ1v) is 8.12. The molecule has 0 aliphatic carbocycles. The maximum atomic E-state index is 14.3. The SMILES string of the molecule is CCOc1ccc(-c2ccc(C3=CCC(C)OC3)cc2)c(F)c1F. The Morgan fingerprint density at radius 3 is 2.38 bits per heavy atom. The van der Waals surface area contributed by atoms with Crippen LogP contribution in [0.25, 0.3) is 16.7 Å². The van der Waals surface area contributed by atoms with Crippen molar-refractivity contribution in [2.24, 2.45) is 0 Å². The molecular weight excluding hydrogens is 310 g/mol. The van der Waals surface area contributed by atoms with Crippen molar-refractivity contribution < 1.29 is 18.3 Å². The summed E-state index contributed by atoms with van der Waals surface area (Å²) in [5.41, 5.74) is 3.02. The number of rotatable bonds is 4. The summed E-state index contributed by atoms with van der Waals surface area (Å²) >= 11 is 0. The third-order valence-corrected chi connectivity index (χ3v) is 4.13. The van der Waals surface area contributed by atoms with Crippen LogP contribution in [0.5, 0.6) is 5.75 Å². The molecule has 0 spiro atoms. The summed E-state index contributed by atoms with van der Waals surface area (Å²) in [6.07, 6.45) is 3.30. The van der Waals surface area contributed by atoms with Crippen LogP contribution in [0, 0.1) is 11.6 Å². The molecule has 24 heavy (non-hydrogen) atoms. The molecule has 0 bridgehead atoms. The van der Waals surface area contributed by atoms with Crippen LogP contribution in [-0.4, -0.2) is 19.3 Å². The van der Waals surface area contributed by atoms with E-state index in [0.29, 0.717) is 18.8 Å². The van der Waals surface area contributed by atoms with Gasteiger partial charge in [0.05, 0.1) is 19.3 Å². The predicted molar refractivity (Wildman–Crippen MR) is 91.0 cm³/mol. The smallest absolute Gasteiger partial charge is 0.201 e. The average Bonchev–Trinajstić information content (AvgIpc) is 2.60. The van der Waals surface area contributed by atoms with E-state index in [1.165, 1.54) is 6.07 Å². The molecule has 2 aromatic carbocycles. The van der Waals surface area contributed by atoms with Crippen LogP contribution in [0.2, 0.25) is 0 Å². The van der Waals surface area contributed by atoms with Crippen molar-refractivity contribution in [2.75, 3.05) is 13.2 Å². The summed E-state index contributed by atoms with van der Waals surface area (Å²) in [5, 5.41) is 0. The van der Waals surface area contributed by atoms with E-state index in [0.717, 1.165) is 17.6 Å². The fourth-order valence-electron chi connectivity index (χ4n) is 2.75. The van der Waals surface area contributed by atoms with Crippen molar-refractivity contribution in [2.45, 2.75) is 26.4 Å². The van der Waals surface area contributed by atoms with Gasteiger partial charge in [0.2, 0.25) is 5.82 Å². The lowest BCUT2D eigenvalue weighted by molar-refractivity contribution is 0.0872. The maximum Gasteiger partial charge on any atom is 0.201 e. The summed E-state index contributed by atoms with van der Waals surface area (Å²) in [6.45, 7) is 4.64. The second kappa shape index (κ2) is 7.14. The quantitative estimate of drug-likeness (QED) is 0.765. The standard InChI is InChI=1S/C20H20F2O2/c1-3-23-18-11-10-17(19(21)20(18)22)15-8-6-14(7-9-15)16-5-4-13(2)24-12-16/h5-11,13H,3-4,12H2,1-2H3. The van der Waals surface area contributed by atoms with Crippen LogP contribution in [0.1, 0.15) is 25.8 Å². The van der Waals surface area contributed by atoms with Crippen LogP contribution in [0.4, 0.5) is 8.78 Å². The molecule has 2 aromatic rings. The molecule has 1 unspecified atom stereocenters. The molecule has 0 amide bonds. The van der Waals surface area contributed by atoms with Gasteiger partial charge in [-0.2, -0.15) is 4.39 Å². The zero-order chi connectivity index (χ0) is 17.1. The van der Waals surface area contributed by atoms with Gasteiger partial charge in [-0.1, -0.05) is 30.3 Å². The van der Waals surface area contributed by atoms with Crippen molar-refractivity contribution in [3.8, 4) is 16.9 Å². The van der Waals surface area contributed by atoms with Gasteiger partial charge in [-0.25, -0.2) is 4.39 Å². The summed E-state index contributed by atoms with van der Waals surface area (Å²) < 4.78 is 39.0. The van der Waals surface area contributed by atoms with Crippen LogP contribution in [0.3, 0.4) is 0 Å². The van der Waals surface area contributed by atoms with Gasteiger partial charge in [-0.3, -0.25) is 0 Å². The summed E-state index contributed by atoms with van der Waals surface area (Å²) in [7, 11) is 0. The molecule has 1 aliphatic heterocycles. The Kier molecular flexibility index (Phi) is 4.95. The van der Waals surface area contributed by atoms with E-state index in [4.69, 9.17) is 9.47 Å². The maximum absolute atomic E-state index is 14.3. The first-order chi connectivity index (χ1) is 11.6. The lowest BCUT2D eigenvalue weighted by atomic mass is 9.98. The highest BCUT2D eigenvalue weighted by atomic mass is 19.2. The van der Waals surface area contributed by atoms with Crippen LogP contribution in [-0.2, 0) is 4.74 Å². The van der Waals surface area contributed by atoms with E-state index in [1.807, 2.05) is 19.1 Å². The lowest BCUT2D eigenvalue weighted by Gasteiger charge is -2.19. The largest absolute Gasteiger partial charge is 0.491 e. The summed E-state index contributed by atoms with van der Waals surface area (Å²) in [6, 6.07) is 10.4. The molecule has 126 valence electrons. The van der Waals surface area contributed by atoms with Crippen molar-refractivity contribution in [1.82, 2.24) is 0 Å². The van der Waals surface area contributed by atoms with Gasteiger partial charge in [0.25, 0.3) is 0 Å². The third-order valence-electron chi connectivity index (χ3n) is 4.13. The van der Waals surface area contributed by atoms with Crippen molar-refractivity contribution in [1.29, 1.82) is 0 Å². The second-order valence-electron chi connectivity index (χ2n) is 5.84. The minimum atomic E-state index is -0.948. The van der Waals surface area contributed by atoms with Crippen LogP contribution >= 0.6 is 0 Å². The molecule has 0 radical (unpaired) electrons. The lowest BCUT2D eigenvalue weighted by Crippen LogP contribution is -2.14. The van der Waals surface area contributed by atoms with Gasteiger partial charge in [0.15, 0.2) is 11.6 Å². The van der Waals surface area contributed by atoms with E-state index in [2.05, 4.69) is 6.08 Å². The first kappa shape index (κ1) is 16.7. The van der Waals surface area contributed by atoms with Crippen molar-refractivity contribution in [3.05, 3.63) is 59.7 Å². The Labute approximate surface area is 140 Å². The minimum Gasteiger partial charge on any atom is -0.491 e. The minimum absolute atomic E-state index is 0.0611. The number of halogens is 2. The van der Waals surface area contributed by atoms with Gasteiger partial charge in [-0.05, 0) is 49.1 Å². The van der Waals surface area contributed by atoms with Crippen LogP contribution < -0.4 is 4.74 Å². The molecular formula is C20H20F2O2. The Balaban J connectivity index is 1.87. The molecule has 1 aliphatic rings. The Bertz CT molecular complexity index is 751. The number of hydrogen-bond donors (Lipinski definition) is 0. The van der Waals surface area contributed by atoms with E-state index >= 15 is 0 Å². The molecule has 0 aromatic heterocycles. The zero-order valence-corrected chi connectivity index (χ0v) is 13.8. The highest BCUT2D eigenvalue weighted by Crippen LogP contribution is 2.31. The molecule has 0 N–H and O–H groups in total. The van der Waals surface area contributed by atoms with Gasteiger partial charge in [-0.15, -0.1) is 0 Å². The molecule has 2 nitrogen and oxygen atoms in total. The van der Waals surface area contributed by atoms with Gasteiger partial charge in [0, 0.05) is 5.56 Å². The number of hydrogen-bond acceptors (Lipinski definition) is 2. The Morgan fingerprint density at radius 1 is 1.04 bits per heavy atom. The summed E-state index contributed by atoms with van der Waals surface area (Å²) in [5.74, 6) is -1.90. The first-order valence-electron chi connectivity index (χ1n) is 8.12. The van der Waals surface area contributed by atoms with Gasteiger partial charge >= 0.3 is 0 Å². The number of ether oxygens (including phenoxy) is 2.